The molecule has 326 valence electrons. The first-order valence-electron chi connectivity index (χ1n) is 22.8. The maximum absolute atomic E-state index is 14.6. The molecular weight excluding hydrogens is 783 g/mol. The van der Waals surface area contributed by atoms with Crippen LogP contribution in [-0.4, -0.2) is 85.1 Å². The number of aromatic nitrogens is 4. The Morgan fingerprint density at radius 3 is 2.52 bits per heavy atom. The van der Waals surface area contributed by atoms with Crippen LogP contribution in [0, 0.1) is 17.8 Å². The zero-order valence-electron chi connectivity index (χ0n) is 36.7. The average Bonchev–Trinajstić information content (AvgIpc) is 4.09. The summed E-state index contributed by atoms with van der Waals surface area (Å²) in [5.74, 6) is 3.34. The zero-order chi connectivity index (χ0) is 43.0. The third-order valence-corrected chi connectivity index (χ3v) is 14.5. The summed E-state index contributed by atoms with van der Waals surface area (Å²) < 4.78 is 17.5. The Hall–Kier alpha value is -5.43. The minimum atomic E-state index is -0.738. The van der Waals surface area contributed by atoms with Crippen LogP contribution >= 0.6 is 0 Å². The molecule has 10 rings (SSSR count). The quantitative estimate of drug-likeness (QED) is 0.140. The molecule has 6 heterocycles. The Bertz CT molecular complexity index is 2540. The number of ether oxygens (including phenoxy) is 3. The number of nitrogens with zero attached hydrogens (tertiary/aromatic N) is 4. The number of hydrogen-bond donors (Lipinski definition) is 3. The second kappa shape index (κ2) is 16.0. The highest BCUT2D eigenvalue weighted by molar-refractivity contribution is 6.07. The number of amides is 3. The lowest BCUT2D eigenvalue weighted by Gasteiger charge is -2.39. The molecule has 0 unspecified atom stereocenters. The number of methoxy groups -OCH3 is 1. The van der Waals surface area contributed by atoms with Gasteiger partial charge in [-0.05, 0) is 130 Å². The van der Waals surface area contributed by atoms with Crippen molar-refractivity contribution in [3.8, 4) is 28.1 Å². The van der Waals surface area contributed by atoms with E-state index in [0.29, 0.717) is 43.7 Å². The Labute approximate surface area is 362 Å². The molecule has 1 saturated carbocycles. The van der Waals surface area contributed by atoms with Gasteiger partial charge in [-0.3, -0.25) is 9.59 Å². The topological polar surface area (TPSA) is 155 Å². The van der Waals surface area contributed by atoms with Crippen LogP contribution in [0.3, 0.4) is 0 Å². The first-order valence-corrected chi connectivity index (χ1v) is 22.8. The second-order valence-electron chi connectivity index (χ2n) is 19.2. The van der Waals surface area contributed by atoms with Crippen molar-refractivity contribution in [2.75, 3.05) is 7.11 Å². The Kier molecular flexibility index (Phi) is 10.5. The highest BCUT2D eigenvalue weighted by Gasteiger charge is 2.48. The summed E-state index contributed by atoms with van der Waals surface area (Å²) in [6.45, 7) is 10.8. The van der Waals surface area contributed by atoms with Crippen LogP contribution < -0.4 is 10.1 Å². The molecular formula is C49H59N7O6. The number of fused-ring (bicyclic) bond motifs is 7. The molecule has 8 atom stereocenters. The van der Waals surface area contributed by atoms with Crippen molar-refractivity contribution < 1.29 is 28.6 Å². The molecule has 3 saturated heterocycles. The van der Waals surface area contributed by atoms with Crippen LogP contribution in [0.25, 0.3) is 44.2 Å². The van der Waals surface area contributed by atoms with Crippen molar-refractivity contribution in [2.24, 2.45) is 17.8 Å². The number of H-pyrrole nitrogens is 2. The van der Waals surface area contributed by atoms with Crippen LogP contribution in [0.2, 0.25) is 0 Å². The maximum atomic E-state index is 14.6. The Morgan fingerprint density at radius 2 is 1.73 bits per heavy atom. The van der Waals surface area contributed by atoms with E-state index in [2.05, 4.69) is 83.4 Å². The summed E-state index contributed by atoms with van der Waals surface area (Å²) >= 11 is 0. The highest BCUT2D eigenvalue weighted by atomic mass is 16.5. The summed E-state index contributed by atoms with van der Waals surface area (Å²) in [5.41, 5.74) is 6.97. The van der Waals surface area contributed by atoms with Crippen LogP contribution in [0.1, 0.15) is 122 Å². The van der Waals surface area contributed by atoms with Gasteiger partial charge < -0.3 is 39.3 Å². The predicted octanol–water partition coefficient (Wildman–Crippen LogP) is 9.13. The van der Waals surface area contributed by atoms with Gasteiger partial charge >= 0.3 is 6.09 Å². The van der Waals surface area contributed by atoms with Gasteiger partial charge in [-0.2, -0.15) is 0 Å². The molecule has 3 amide bonds. The molecule has 62 heavy (non-hydrogen) atoms. The number of hydrogen-bond acceptors (Lipinski definition) is 8. The number of imidazole rings is 2. The van der Waals surface area contributed by atoms with E-state index in [1.165, 1.54) is 20.0 Å². The van der Waals surface area contributed by atoms with Gasteiger partial charge in [0, 0.05) is 29.5 Å². The fourth-order valence-electron chi connectivity index (χ4n) is 11.7. The fraction of sp³-hybridized carbons (Fsp3) is 0.531. The van der Waals surface area contributed by atoms with E-state index in [0.717, 1.165) is 92.8 Å². The van der Waals surface area contributed by atoms with Gasteiger partial charge in [0.1, 0.15) is 30.0 Å². The summed E-state index contributed by atoms with van der Waals surface area (Å²) in [4.78, 5) is 62.1. The molecule has 0 radical (unpaired) electrons. The summed E-state index contributed by atoms with van der Waals surface area (Å²) in [7, 11) is 1.33. The molecule has 2 aromatic heterocycles. The summed E-state index contributed by atoms with van der Waals surface area (Å²) in [6, 6.07) is 14.3. The van der Waals surface area contributed by atoms with Crippen molar-refractivity contribution in [2.45, 2.75) is 141 Å². The third kappa shape index (κ3) is 7.19. The van der Waals surface area contributed by atoms with Crippen molar-refractivity contribution in [1.82, 2.24) is 35.1 Å². The van der Waals surface area contributed by atoms with Crippen LogP contribution in [0.5, 0.6) is 5.75 Å². The van der Waals surface area contributed by atoms with Gasteiger partial charge in [0.15, 0.2) is 0 Å². The molecule has 4 fully saturated rings. The molecule has 1 aliphatic carbocycles. The summed E-state index contributed by atoms with van der Waals surface area (Å²) in [5, 5.41) is 4.93. The van der Waals surface area contributed by atoms with Gasteiger partial charge in [0.05, 0.1) is 54.3 Å². The van der Waals surface area contributed by atoms with Gasteiger partial charge in [0.25, 0.3) is 0 Å². The number of carbonyl (C=O) groups is 3. The van der Waals surface area contributed by atoms with E-state index in [4.69, 9.17) is 24.2 Å². The van der Waals surface area contributed by atoms with E-state index in [9.17, 15) is 14.4 Å². The molecule has 3 aromatic carbocycles. The lowest BCUT2D eigenvalue weighted by Crippen LogP contribution is -2.55. The number of carbonyl (C=O) groups excluding carboxylic acids is 3. The van der Waals surface area contributed by atoms with Crippen LogP contribution in [0.4, 0.5) is 4.79 Å². The number of likely N-dealkylation sites (tertiary alicyclic amines) is 2. The van der Waals surface area contributed by atoms with Gasteiger partial charge in [0.2, 0.25) is 11.8 Å². The van der Waals surface area contributed by atoms with E-state index in [1.807, 2.05) is 24.9 Å². The molecule has 0 bridgehead atoms. The molecule has 3 N–H and O–H groups in total. The summed E-state index contributed by atoms with van der Waals surface area (Å²) in [6.07, 6.45) is 9.18. The average molecular weight is 842 g/mol. The van der Waals surface area contributed by atoms with Crippen LogP contribution in [-0.2, 0) is 25.7 Å². The smallest absolute Gasteiger partial charge is 0.407 e. The standard InChI is InChI=1S/C49H59N7O6/c1-25(2)16-43(57)56-39-9-7-8-31(39)21-41(56)46-50-23-38(52-46)30-11-13-34-33(19-30)24-61-42-22-35-29(20-36(34)42)12-14-37-45(35)53-47(51-37)40-15-10-26(3)55(40)48(58)44(54-49(59)60-6)32-17-27(4)62-28(5)18-32/h11-14,19-20,22-23,25-28,31-32,39-41,44H,7-10,15-18,21,24H2,1-6H3,(H,50,52)(H,51,53)(H,54,59)/t26-,27+,28+,31-,39-,40-,41-,44-/m0/s1. The number of alkyl carbamates (subject to hydrolysis) is 1. The molecule has 0 spiro atoms. The first kappa shape index (κ1) is 40.6. The van der Waals surface area contributed by atoms with Crippen molar-refractivity contribution in [3.05, 3.63) is 65.9 Å². The number of aromatic amines is 2. The first-order chi connectivity index (χ1) is 29.9. The largest absolute Gasteiger partial charge is 0.488 e. The van der Waals surface area contributed by atoms with Gasteiger partial charge in [-0.15, -0.1) is 0 Å². The number of nitrogens with one attached hydrogen (secondary N) is 3. The van der Waals surface area contributed by atoms with E-state index in [-0.39, 0.29) is 48.1 Å². The van der Waals surface area contributed by atoms with E-state index >= 15 is 0 Å². The molecule has 13 nitrogen and oxygen atoms in total. The normalized spacial score (nSPS) is 27.3. The second-order valence-corrected chi connectivity index (χ2v) is 19.2. The van der Waals surface area contributed by atoms with E-state index in [1.54, 1.807) is 0 Å². The van der Waals surface area contributed by atoms with E-state index < -0.39 is 12.1 Å². The predicted molar refractivity (Wildman–Crippen MR) is 236 cm³/mol. The Morgan fingerprint density at radius 1 is 0.903 bits per heavy atom. The fourth-order valence-corrected chi connectivity index (χ4v) is 11.7. The maximum Gasteiger partial charge on any atom is 0.407 e. The highest BCUT2D eigenvalue weighted by Crippen LogP contribution is 2.48. The zero-order valence-corrected chi connectivity index (χ0v) is 36.7. The van der Waals surface area contributed by atoms with Crippen molar-refractivity contribution in [3.63, 3.8) is 0 Å². The minimum Gasteiger partial charge on any atom is -0.488 e. The molecule has 13 heteroatoms. The number of benzene rings is 3. The third-order valence-electron chi connectivity index (χ3n) is 14.5. The SMILES string of the molecule is COC(=O)N[C@H](C(=O)N1[C@@H](C)CC[C@H]1c1nc2c(ccc3cc4c(cc32)OCc2cc(-c3cnc([C@@H]5C[C@@H]6CCC[C@@H]6N5C(=O)CC(C)C)[nH]3)ccc2-4)[nH]1)C1C[C@@H](C)O[C@H](C)C1. The lowest BCUT2D eigenvalue weighted by molar-refractivity contribution is -0.140. The van der Waals surface area contributed by atoms with Gasteiger partial charge in [-0.25, -0.2) is 14.8 Å². The minimum absolute atomic E-state index is 0.00972. The van der Waals surface area contributed by atoms with Crippen LogP contribution in [0.15, 0.2) is 48.7 Å². The molecule has 5 aromatic rings. The van der Waals surface area contributed by atoms with Crippen molar-refractivity contribution in [1.29, 1.82) is 0 Å². The Balaban J connectivity index is 0.914. The molecule has 5 aliphatic rings. The molecule has 4 aliphatic heterocycles. The number of rotatable bonds is 8. The monoisotopic (exact) mass is 841 g/mol. The lowest BCUT2D eigenvalue weighted by atomic mass is 9.85. The van der Waals surface area contributed by atoms with Gasteiger partial charge in [-0.1, -0.05) is 38.5 Å². The van der Waals surface area contributed by atoms with Crippen molar-refractivity contribution >= 4 is 39.7 Å².